The number of rotatable bonds is 3. The maximum Gasteiger partial charge on any atom is 0.223 e. The van der Waals surface area contributed by atoms with Crippen molar-refractivity contribution in [1.82, 2.24) is 9.80 Å². The number of hydrogen-bond acceptors (Lipinski definition) is 2. The van der Waals surface area contributed by atoms with Crippen LogP contribution in [0.3, 0.4) is 0 Å². The molecule has 4 heteroatoms. The first kappa shape index (κ1) is 19.9. The molecule has 1 fully saturated rings. The lowest BCUT2D eigenvalue weighted by Crippen LogP contribution is -2.45. The molecule has 1 aliphatic heterocycles. The normalized spacial score (nSPS) is 21.2. The third-order valence-corrected chi connectivity index (χ3v) is 6.28. The summed E-state index contributed by atoms with van der Waals surface area (Å²) < 4.78 is 0. The van der Waals surface area contributed by atoms with Crippen molar-refractivity contribution >= 4 is 11.8 Å². The molecule has 1 saturated heterocycles. The fraction of sp³-hybridized carbons (Fsp3) is 0.652. The van der Waals surface area contributed by atoms with Gasteiger partial charge >= 0.3 is 0 Å². The number of nitrogens with zero attached hydrogens (tertiary/aromatic N) is 2. The number of carbonyl (C=O) groups excluding carboxylic acids is 2. The predicted molar refractivity (Wildman–Crippen MR) is 109 cm³/mol. The van der Waals surface area contributed by atoms with Crippen LogP contribution in [0.1, 0.15) is 69.9 Å². The molecule has 4 nitrogen and oxygen atoms in total. The minimum atomic E-state index is 0.0316. The van der Waals surface area contributed by atoms with Gasteiger partial charge in [0.1, 0.15) is 0 Å². The minimum Gasteiger partial charge on any atom is -0.349 e. The van der Waals surface area contributed by atoms with Gasteiger partial charge in [-0.3, -0.25) is 9.59 Å². The highest BCUT2D eigenvalue weighted by Gasteiger charge is 2.46. The van der Waals surface area contributed by atoms with Crippen molar-refractivity contribution in [2.24, 2.45) is 5.41 Å². The van der Waals surface area contributed by atoms with Gasteiger partial charge in [-0.15, -0.1) is 0 Å². The first-order chi connectivity index (χ1) is 12.6. The zero-order valence-electron chi connectivity index (χ0n) is 17.5. The van der Waals surface area contributed by atoms with Crippen LogP contribution in [0.25, 0.3) is 0 Å². The number of likely N-dealkylation sites (tertiary alicyclic amines) is 1. The molecule has 0 radical (unpaired) electrons. The Morgan fingerprint density at radius 1 is 1.15 bits per heavy atom. The van der Waals surface area contributed by atoms with Gasteiger partial charge in [0.2, 0.25) is 11.8 Å². The smallest absolute Gasteiger partial charge is 0.223 e. The van der Waals surface area contributed by atoms with Gasteiger partial charge < -0.3 is 9.80 Å². The Morgan fingerprint density at radius 2 is 1.78 bits per heavy atom. The van der Waals surface area contributed by atoms with Gasteiger partial charge in [0, 0.05) is 40.0 Å². The number of benzene rings is 1. The molecule has 148 valence electrons. The Hall–Kier alpha value is -1.84. The number of amides is 2. The Balaban J connectivity index is 1.74. The minimum absolute atomic E-state index is 0.0316. The maximum absolute atomic E-state index is 12.6. The summed E-state index contributed by atoms with van der Waals surface area (Å²) in [6.07, 6.45) is 4.24. The van der Waals surface area contributed by atoms with Crippen LogP contribution in [0.2, 0.25) is 0 Å². The first-order valence-corrected chi connectivity index (χ1v) is 10.2. The fourth-order valence-electron chi connectivity index (χ4n) is 4.83. The molecule has 1 atom stereocenters. The highest BCUT2D eigenvalue weighted by molar-refractivity contribution is 5.77. The maximum atomic E-state index is 12.6. The lowest BCUT2D eigenvalue weighted by Gasteiger charge is -2.41. The van der Waals surface area contributed by atoms with Crippen LogP contribution in [0, 0.1) is 5.41 Å². The molecule has 0 saturated carbocycles. The third kappa shape index (κ3) is 4.20. The summed E-state index contributed by atoms with van der Waals surface area (Å²) in [7, 11) is 3.66. The SMILES string of the molecule is CN(C)C(=O)C[C@@H]1CC2(CCN(C(=O)CC(C)(C)C)CC2)c2ccccc21. The summed E-state index contributed by atoms with van der Waals surface area (Å²) in [4.78, 5) is 28.7. The van der Waals surface area contributed by atoms with E-state index in [0.29, 0.717) is 18.8 Å². The number of carbonyl (C=O) groups is 2. The van der Waals surface area contributed by atoms with Gasteiger partial charge in [-0.1, -0.05) is 45.0 Å². The summed E-state index contributed by atoms with van der Waals surface area (Å²) in [6.45, 7) is 8.02. The first-order valence-electron chi connectivity index (χ1n) is 10.2. The summed E-state index contributed by atoms with van der Waals surface area (Å²) in [5, 5.41) is 0. The van der Waals surface area contributed by atoms with Crippen LogP contribution in [-0.2, 0) is 15.0 Å². The van der Waals surface area contributed by atoms with E-state index in [1.165, 1.54) is 11.1 Å². The van der Waals surface area contributed by atoms with Crippen LogP contribution >= 0.6 is 0 Å². The largest absolute Gasteiger partial charge is 0.349 e. The van der Waals surface area contributed by atoms with E-state index in [9.17, 15) is 9.59 Å². The monoisotopic (exact) mass is 370 g/mol. The van der Waals surface area contributed by atoms with E-state index in [4.69, 9.17) is 0 Å². The Bertz CT molecular complexity index is 709. The molecule has 2 aliphatic rings. The van der Waals surface area contributed by atoms with Gasteiger partial charge in [-0.05, 0) is 47.1 Å². The molecule has 0 bridgehead atoms. The lowest BCUT2D eigenvalue weighted by atomic mass is 9.73. The number of piperidine rings is 1. The van der Waals surface area contributed by atoms with Crippen LogP contribution in [0.5, 0.6) is 0 Å². The summed E-state index contributed by atoms with van der Waals surface area (Å²) in [6, 6.07) is 8.66. The van der Waals surface area contributed by atoms with E-state index in [0.717, 1.165) is 32.4 Å². The van der Waals surface area contributed by atoms with Crippen molar-refractivity contribution in [1.29, 1.82) is 0 Å². The fourth-order valence-corrected chi connectivity index (χ4v) is 4.83. The summed E-state index contributed by atoms with van der Waals surface area (Å²) in [5.41, 5.74) is 2.93. The Morgan fingerprint density at radius 3 is 2.37 bits per heavy atom. The third-order valence-electron chi connectivity index (χ3n) is 6.28. The second kappa shape index (κ2) is 7.29. The quantitative estimate of drug-likeness (QED) is 0.808. The van der Waals surface area contributed by atoms with E-state index in [1.807, 2.05) is 14.1 Å². The van der Waals surface area contributed by atoms with Gasteiger partial charge in [0.15, 0.2) is 0 Å². The molecule has 2 amide bonds. The van der Waals surface area contributed by atoms with E-state index in [-0.39, 0.29) is 22.6 Å². The second-order valence-corrected chi connectivity index (χ2v) is 9.88. The van der Waals surface area contributed by atoms with E-state index in [1.54, 1.807) is 4.90 Å². The zero-order chi connectivity index (χ0) is 19.8. The zero-order valence-corrected chi connectivity index (χ0v) is 17.5. The molecule has 0 unspecified atom stereocenters. The molecule has 0 aromatic heterocycles. The second-order valence-electron chi connectivity index (χ2n) is 9.88. The van der Waals surface area contributed by atoms with E-state index in [2.05, 4.69) is 49.9 Å². The number of hydrogen-bond donors (Lipinski definition) is 0. The molecule has 1 aromatic rings. The highest BCUT2D eigenvalue weighted by Crippen LogP contribution is 2.52. The van der Waals surface area contributed by atoms with E-state index >= 15 is 0 Å². The molecular formula is C23H34N2O2. The lowest BCUT2D eigenvalue weighted by molar-refractivity contribution is -0.134. The van der Waals surface area contributed by atoms with Crippen LogP contribution < -0.4 is 0 Å². The van der Waals surface area contributed by atoms with Gasteiger partial charge in [-0.2, -0.15) is 0 Å². The van der Waals surface area contributed by atoms with Gasteiger partial charge in [0.05, 0.1) is 0 Å². The summed E-state index contributed by atoms with van der Waals surface area (Å²) in [5.74, 6) is 0.778. The van der Waals surface area contributed by atoms with Crippen molar-refractivity contribution in [2.75, 3.05) is 27.2 Å². The van der Waals surface area contributed by atoms with Crippen molar-refractivity contribution in [3.8, 4) is 0 Å². The van der Waals surface area contributed by atoms with Crippen molar-refractivity contribution in [2.45, 2.75) is 64.2 Å². The topological polar surface area (TPSA) is 40.6 Å². The molecule has 3 rings (SSSR count). The van der Waals surface area contributed by atoms with E-state index < -0.39 is 0 Å². The van der Waals surface area contributed by atoms with Crippen molar-refractivity contribution in [3.05, 3.63) is 35.4 Å². The van der Waals surface area contributed by atoms with Gasteiger partial charge in [-0.25, -0.2) is 0 Å². The Kier molecular flexibility index (Phi) is 5.38. The van der Waals surface area contributed by atoms with Crippen LogP contribution in [-0.4, -0.2) is 48.8 Å². The van der Waals surface area contributed by atoms with Crippen LogP contribution in [0.15, 0.2) is 24.3 Å². The molecule has 27 heavy (non-hydrogen) atoms. The highest BCUT2D eigenvalue weighted by atomic mass is 16.2. The van der Waals surface area contributed by atoms with Crippen molar-refractivity contribution in [3.63, 3.8) is 0 Å². The molecule has 1 aliphatic carbocycles. The summed E-state index contributed by atoms with van der Waals surface area (Å²) >= 11 is 0. The number of fused-ring (bicyclic) bond motifs is 2. The average molecular weight is 371 g/mol. The molecule has 0 N–H and O–H groups in total. The molecule has 1 heterocycles. The van der Waals surface area contributed by atoms with Gasteiger partial charge in [0.25, 0.3) is 0 Å². The average Bonchev–Trinajstić information content (AvgIpc) is 2.88. The molecule has 1 spiro atoms. The standard InChI is InChI=1S/C23H34N2O2/c1-22(2,3)16-21(27)25-12-10-23(11-13-25)15-17(14-20(26)24(4)5)18-8-6-7-9-19(18)23/h6-9,17H,10-16H2,1-5H3/t17-/m1/s1. The molecular weight excluding hydrogens is 336 g/mol. The Labute approximate surface area is 163 Å². The predicted octanol–water partition coefficient (Wildman–Crippen LogP) is 3.95. The molecule has 1 aromatic carbocycles. The van der Waals surface area contributed by atoms with Crippen molar-refractivity contribution < 1.29 is 9.59 Å². The van der Waals surface area contributed by atoms with Crippen LogP contribution in [0.4, 0.5) is 0 Å².